The summed E-state index contributed by atoms with van der Waals surface area (Å²) in [5, 5.41) is 0. The van der Waals surface area contributed by atoms with E-state index >= 15 is 0 Å². The van der Waals surface area contributed by atoms with Crippen molar-refractivity contribution in [1.29, 1.82) is 0 Å². The Bertz CT molecular complexity index is 469. The Balaban J connectivity index is 2.15. The molecule has 2 rings (SSSR count). The maximum absolute atomic E-state index is 6.18. The van der Waals surface area contributed by atoms with Crippen LogP contribution in [0.1, 0.15) is 89.2 Å². The highest BCUT2D eigenvalue weighted by atomic mass is 15.0. The Hall–Kier alpha value is -1.12. The Morgan fingerprint density at radius 2 is 1.62 bits per heavy atom. The Morgan fingerprint density at radius 1 is 1.05 bits per heavy atom. The molecule has 0 unspecified atom stereocenters. The van der Waals surface area contributed by atoms with Crippen molar-refractivity contribution in [2.45, 2.75) is 79.1 Å². The average Bonchev–Trinajstić information content (AvgIpc) is 2.36. The van der Waals surface area contributed by atoms with Gasteiger partial charge in [-0.25, -0.2) is 9.97 Å². The summed E-state index contributed by atoms with van der Waals surface area (Å²) in [5.74, 6) is 3.36. The van der Waals surface area contributed by atoms with Crippen LogP contribution in [0.4, 0.5) is 5.82 Å². The molecule has 1 aromatic rings. The van der Waals surface area contributed by atoms with Gasteiger partial charge in [-0.3, -0.25) is 0 Å². The maximum atomic E-state index is 6.18. The first-order valence-electron chi connectivity index (χ1n) is 8.34. The van der Waals surface area contributed by atoms with Crippen LogP contribution in [0.3, 0.4) is 0 Å². The number of nitrogen functional groups attached to an aromatic ring is 1. The van der Waals surface area contributed by atoms with Crippen LogP contribution in [0, 0.1) is 18.3 Å². The molecule has 118 valence electrons. The van der Waals surface area contributed by atoms with Gasteiger partial charge in [0.15, 0.2) is 0 Å². The lowest BCUT2D eigenvalue weighted by Gasteiger charge is -2.36. The summed E-state index contributed by atoms with van der Waals surface area (Å²) in [6.45, 7) is 13.4. The lowest BCUT2D eigenvalue weighted by atomic mass is 9.69. The van der Waals surface area contributed by atoms with Crippen molar-refractivity contribution in [3.05, 3.63) is 17.1 Å². The van der Waals surface area contributed by atoms with Gasteiger partial charge in [-0.05, 0) is 49.9 Å². The molecule has 0 aliphatic heterocycles. The SMILES string of the molecule is Cc1nc(C2CCC(C(C)(C)C)CC2)nc(N)c1C(C)C. The van der Waals surface area contributed by atoms with Crippen LogP contribution in [0.25, 0.3) is 0 Å². The average molecular weight is 289 g/mol. The highest BCUT2D eigenvalue weighted by Gasteiger charge is 2.31. The first kappa shape index (κ1) is 16.3. The second-order valence-electron chi connectivity index (χ2n) is 8.04. The number of rotatable bonds is 2. The van der Waals surface area contributed by atoms with Crippen LogP contribution >= 0.6 is 0 Å². The fraction of sp³-hybridized carbons (Fsp3) is 0.778. The molecular formula is C18H31N3. The molecule has 0 radical (unpaired) electrons. The normalized spacial score (nSPS) is 23.6. The van der Waals surface area contributed by atoms with Crippen LogP contribution in [0.15, 0.2) is 0 Å². The molecule has 1 aliphatic rings. The Labute approximate surface area is 129 Å². The summed E-state index contributed by atoms with van der Waals surface area (Å²) in [5.41, 5.74) is 8.77. The van der Waals surface area contributed by atoms with Crippen LogP contribution < -0.4 is 5.73 Å². The summed E-state index contributed by atoms with van der Waals surface area (Å²) in [7, 11) is 0. The van der Waals surface area contributed by atoms with Crippen molar-refractivity contribution in [2.75, 3.05) is 5.73 Å². The van der Waals surface area contributed by atoms with E-state index in [1.54, 1.807) is 0 Å². The number of nitrogens with zero attached hydrogens (tertiary/aromatic N) is 2. The second-order valence-corrected chi connectivity index (χ2v) is 8.04. The number of nitrogens with two attached hydrogens (primary N) is 1. The zero-order valence-electron chi connectivity index (χ0n) is 14.5. The molecule has 1 saturated carbocycles. The molecule has 21 heavy (non-hydrogen) atoms. The minimum Gasteiger partial charge on any atom is -0.383 e. The van der Waals surface area contributed by atoms with Gasteiger partial charge in [-0.1, -0.05) is 34.6 Å². The molecular weight excluding hydrogens is 258 g/mol. The standard InChI is InChI=1S/C18H31N3/c1-11(2)15-12(3)20-17(21-16(15)19)13-7-9-14(10-8-13)18(4,5)6/h11,13-14H,7-10H2,1-6H3,(H2,19,20,21). The second kappa shape index (κ2) is 5.94. The smallest absolute Gasteiger partial charge is 0.134 e. The lowest BCUT2D eigenvalue weighted by molar-refractivity contribution is 0.167. The molecule has 3 heteroatoms. The van der Waals surface area contributed by atoms with Crippen molar-refractivity contribution in [2.24, 2.45) is 11.3 Å². The van der Waals surface area contributed by atoms with Crippen molar-refractivity contribution in [3.8, 4) is 0 Å². The molecule has 1 fully saturated rings. The van der Waals surface area contributed by atoms with Crippen molar-refractivity contribution >= 4 is 5.82 Å². The maximum Gasteiger partial charge on any atom is 0.134 e. The van der Waals surface area contributed by atoms with Gasteiger partial charge in [-0.2, -0.15) is 0 Å². The van der Waals surface area contributed by atoms with E-state index in [1.165, 1.54) is 25.7 Å². The monoisotopic (exact) mass is 289 g/mol. The predicted octanol–water partition coefficient (Wildman–Crippen LogP) is 4.81. The Morgan fingerprint density at radius 3 is 2.05 bits per heavy atom. The lowest BCUT2D eigenvalue weighted by Crippen LogP contribution is -2.26. The number of hydrogen-bond donors (Lipinski definition) is 1. The fourth-order valence-corrected chi connectivity index (χ4v) is 3.74. The third-order valence-electron chi connectivity index (χ3n) is 5.08. The molecule has 0 bridgehead atoms. The van der Waals surface area contributed by atoms with Gasteiger partial charge >= 0.3 is 0 Å². The van der Waals surface area contributed by atoms with E-state index in [0.29, 0.717) is 23.1 Å². The predicted molar refractivity (Wildman–Crippen MR) is 89.4 cm³/mol. The third kappa shape index (κ3) is 3.56. The summed E-state index contributed by atoms with van der Waals surface area (Å²) >= 11 is 0. The number of hydrogen-bond acceptors (Lipinski definition) is 3. The molecule has 1 aliphatic carbocycles. The van der Waals surface area contributed by atoms with Crippen molar-refractivity contribution < 1.29 is 0 Å². The highest BCUT2D eigenvalue weighted by Crippen LogP contribution is 2.42. The molecule has 1 aromatic heterocycles. The molecule has 0 amide bonds. The van der Waals surface area contributed by atoms with E-state index in [9.17, 15) is 0 Å². The van der Waals surface area contributed by atoms with E-state index in [0.717, 1.165) is 23.0 Å². The molecule has 2 N–H and O–H groups in total. The van der Waals surface area contributed by atoms with E-state index in [2.05, 4.69) is 46.5 Å². The molecule has 0 spiro atoms. The van der Waals surface area contributed by atoms with Gasteiger partial charge in [0, 0.05) is 17.2 Å². The van der Waals surface area contributed by atoms with E-state index < -0.39 is 0 Å². The van der Waals surface area contributed by atoms with Gasteiger partial charge < -0.3 is 5.73 Å². The first-order chi connectivity index (χ1) is 9.70. The minimum absolute atomic E-state index is 0.385. The van der Waals surface area contributed by atoms with Gasteiger partial charge in [0.2, 0.25) is 0 Å². The van der Waals surface area contributed by atoms with Gasteiger partial charge in [0.1, 0.15) is 11.6 Å². The topological polar surface area (TPSA) is 51.8 Å². The summed E-state index contributed by atoms with van der Waals surface area (Å²) < 4.78 is 0. The molecule has 0 aromatic carbocycles. The number of anilines is 1. The zero-order valence-corrected chi connectivity index (χ0v) is 14.5. The molecule has 0 atom stereocenters. The number of aryl methyl sites for hydroxylation is 1. The minimum atomic E-state index is 0.385. The highest BCUT2D eigenvalue weighted by molar-refractivity contribution is 5.44. The zero-order chi connectivity index (χ0) is 15.8. The van der Waals surface area contributed by atoms with E-state index in [1.807, 2.05) is 0 Å². The number of aromatic nitrogens is 2. The summed E-state index contributed by atoms with van der Waals surface area (Å²) in [4.78, 5) is 9.41. The summed E-state index contributed by atoms with van der Waals surface area (Å²) in [6, 6.07) is 0. The molecule has 1 heterocycles. The van der Waals surface area contributed by atoms with Crippen LogP contribution in [-0.4, -0.2) is 9.97 Å². The van der Waals surface area contributed by atoms with E-state index in [-0.39, 0.29) is 0 Å². The van der Waals surface area contributed by atoms with Crippen molar-refractivity contribution in [1.82, 2.24) is 9.97 Å². The van der Waals surface area contributed by atoms with Gasteiger partial charge in [0.05, 0.1) is 0 Å². The quantitative estimate of drug-likeness (QED) is 0.850. The summed E-state index contributed by atoms with van der Waals surface area (Å²) in [6.07, 6.45) is 4.95. The third-order valence-corrected chi connectivity index (χ3v) is 5.08. The largest absolute Gasteiger partial charge is 0.383 e. The van der Waals surface area contributed by atoms with Gasteiger partial charge in [-0.15, -0.1) is 0 Å². The van der Waals surface area contributed by atoms with E-state index in [4.69, 9.17) is 10.7 Å². The van der Waals surface area contributed by atoms with Crippen LogP contribution in [0.2, 0.25) is 0 Å². The van der Waals surface area contributed by atoms with Crippen molar-refractivity contribution in [3.63, 3.8) is 0 Å². The molecule has 3 nitrogen and oxygen atoms in total. The Kier molecular flexibility index (Phi) is 4.60. The van der Waals surface area contributed by atoms with Crippen LogP contribution in [0.5, 0.6) is 0 Å². The molecule has 0 saturated heterocycles. The van der Waals surface area contributed by atoms with Gasteiger partial charge in [0.25, 0.3) is 0 Å². The fourth-order valence-electron chi connectivity index (χ4n) is 3.74. The van der Waals surface area contributed by atoms with Crippen LogP contribution in [-0.2, 0) is 0 Å². The first-order valence-corrected chi connectivity index (χ1v) is 8.34.